The maximum absolute atomic E-state index is 4.15. The fourth-order valence-electron chi connectivity index (χ4n) is 1.49. The molecule has 0 aliphatic rings. The van der Waals surface area contributed by atoms with Crippen molar-refractivity contribution in [3.63, 3.8) is 0 Å². The first kappa shape index (κ1) is 11.7. The minimum atomic E-state index is 0.128. The molecule has 0 aromatic rings. The number of likely N-dealkylation sites (N-methyl/N-ethyl adjacent to an activating group) is 1. The van der Waals surface area contributed by atoms with E-state index in [9.17, 15) is 0 Å². The van der Waals surface area contributed by atoms with Gasteiger partial charge < -0.3 is 5.32 Å². The largest absolute Gasteiger partial charge is 0.308 e. The van der Waals surface area contributed by atoms with Crippen LogP contribution in [-0.4, -0.2) is 12.1 Å². The molecule has 0 saturated heterocycles. The summed E-state index contributed by atoms with van der Waals surface area (Å²) in [5.74, 6) is 0.564. The van der Waals surface area contributed by atoms with Gasteiger partial charge in [0.15, 0.2) is 0 Å². The monoisotopic (exact) mass is 169 g/mol. The number of nitrogens with one attached hydrogen (secondary N) is 1. The molecule has 0 saturated carbocycles. The lowest BCUT2D eigenvalue weighted by molar-refractivity contribution is 0.382. The fourth-order valence-corrected chi connectivity index (χ4v) is 1.49. The van der Waals surface area contributed by atoms with Crippen LogP contribution in [0.15, 0.2) is 12.2 Å². The van der Waals surface area contributed by atoms with Crippen molar-refractivity contribution in [2.75, 3.05) is 6.54 Å². The number of hydrogen-bond acceptors (Lipinski definition) is 1. The molecule has 0 fully saturated rings. The number of hydrogen-bond donors (Lipinski definition) is 1. The van der Waals surface area contributed by atoms with Gasteiger partial charge in [0.2, 0.25) is 0 Å². The molecule has 0 aromatic carbocycles. The van der Waals surface area contributed by atoms with Gasteiger partial charge in [-0.25, -0.2) is 0 Å². The highest BCUT2D eigenvalue weighted by Gasteiger charge is 2.25. The summed E-state index contributed by atoms with van der Waals surface area (Å²) in [6.45, 7) is 16.1. The van der Waals surface area contributed by atoms with Crippen molar-refractivity contribution in [2.24, 2.45) is 5.92 Å². The second-order valence-corrected chi connectivity index (χ2v) is 3.90. The van der Waals surface area contributed by atoms with Crippen LogP contribution in [0.4, 0.5) is 0 Å². The van der Waals surface area contributed by atoms with E-state index in [1.165, 1.54) is 5.57 Å². The summed E-state index contributed by atoms with van der Waals surface area (Å²) >= 11 is 0. The zero-order valence-corrected chi connectivity index (χ0v) is 9.20. The maximum Gasteiger partial charge on any atom is 0.0362 e. The standard InChI is InChI=1S/C11H23N/c1-7-11(6,12-8-2)10(5)9(3)4/h9,12H,5,7-8H2,1-4,6H3. The van der Waals surface area contributed by atoms with E-state index < -0.39 is 0 Å². The minimum absolute atomic E-state index is 0.128. The molecule has 0 spiro atoms. The van der Waals surface area contributed by atoms with Gasteiger partial charge in [0, 0.05) is 5.54 Å². The van der Waals surface area contributed by atoms with Crippen LogP contribution in [0.5, 0.6) is 0 Å². The zero-order valence-electron chi connectivity index (χ0n) is 9.20. The molecule has 0 amide bonds. The van der Waals surface area contributed by atoms with Crippen molar-refractivity contribution >= 4 is 0 Å². The Hall–Kier alpha value is -0.300. The highest BCUT2D eigenvalue weighted by Crippen LogP contribution is 2.24. The maximum atomic E-state index is 4.15. The predicted octanol–water partition coefficient (Wildman–Crippen LogP) is 2.98. The van der Waals surface area contributed by atoms with Gasteiger partial charge >= 0.3 is 0 Å². The lowest BCUT2D eigenvalue weighted by Gasteiger charge is -2.34. The van der Waals surface area contributed by atoms with E-state index in [1.807, 2.05) is 0 Å². The molecule has 72 valence electrons. The van der Waals surface area contributed by atoms with E-state index in [0.29, 0.717) is 5.92 Å². The van der Waals surface area contributed by atoms with Gasteiger partial charge in [-0.2, -0.15) is 0 Å². The fraction of sp³-hybridized carbons (Fsp3) is 0.818. The van der Waals surface area contributed by atoms with Crippen LogP contribution in [0, 0.1) is 5.92 Å². The molecule has 1 atom stereocenters. The molecule has 0 heterocycles. The Morgan fingerprint density at radius 1 is 1.42 bits per heavy atom. The van der Waals surface area contributed by atoms with Crippen molar-refractivity contribution in [2.45, 2.75) is 46.6 Å². The Morgan fingerprint density at radius 2 is 1.92 bits per heavy atom. The molecule has 0 aliphatic carbocycles. The average molecular weight is 169 g/mol. The molecule has 0 radical (unpaired) electrons. The lowest BCUT2D eigenvalue weighted by atomic mass is 9.83. The normalized spacial score (nSPS) is 16.2. The molecule has 0 aliphatic heterocycles. The Labute approximate surface area is 77.2 Å². The van der Waals surface area contributed by atoms with Crippen molar-refractivity contribution < 1.29 is 0 Å². The van der Waals surface area contributed by atoms with Gasteiger partial charge in [0.25, 0.3) is 0 Å². The van der Waals surface area contributed by atoms with Crippen LogP contribution in [0.2, 0.25) is 0 Å². The van der Waals surface area contributed by atoms with E-state index in [-0.39, 0.29) is 5.54 Å². The summed E-state index contributed by atoms with van der Waals surface area (Å²) in [4.78, 5) is 0. The van der Waals surface area contributed by atoms with Gasteiger partial charge in [0.05, 0.1) is 0 Å². The zero-order chi connectivity index (χ0) is 9.78. The second kappa shape index (κ2) is 4.66. The van der Waals surface area contributed by atoms with E-state index in [4.69, 9.17) is 0 Å². The highest BCUT2D eigenvalue weighted by molar-refractivity contribution is 5.16. The van der Waals surface area contributed by atoms with Gasteiger partial charge in [0.1, 0.15) is 0 Å². The van der Waals surface area contributed by atoms with Crippen molar-refractivity contribution in [3.8, 4) is 0 Å². The summed E-state index contributed by atoms with van der Waals surface area (Å²) in [6, 6.07) is 0. The Bertz CT molecular complexity index is 149. The first-order valence-electron chi connectivity index (χ1n) is 4.92. The molecule has 0 aromatic heterocycles. The van der Waals surface area contributed by atoms with Gasteiger partial charge in [-0.15, -0.1) is 0 Å². The Morgan fingerprint density at radius 3 is 2.17 bits per heavy atom. The average Bonchev–Trinajstić information content (AvgIpc) is 2.03. The summed E-state index contributed by atoms with van der Waals surface area (Å²) in [5.41, 5.74) is 1.44. The third kappa shape index (κ3) is 2.63. The van der Waals surface area contributed by atoms with Gasteiger partial charge in [-0.3, -0.25) is 0 Å². The third-order valence-electron chi connectivity index (χ3n) is 2.68. The van der Waals surface area contributed by atoms with Crippen LogP contribution in [0.3, 0.4) is 0 Å². The summed E-state index contributed by atoms with van der Waals surface area (Å²) in [5, 5.41) is 3.49. The Balaban J connectivity index is 4.40. The molecular weight excluding hydrogens is 146 g/mol. The van der Waals surface area contributed by atoms with Crippen LogP contribution in [-0.2, 0) is 0 Å². The van der Waals surface area contributed by atoms with Crippen molar-refractivity contribution in [1.82, 2.24) is 5.32 Å². The minimum Gasteiger partial charge on any atom is -0.308 e. The highest BCUT2D eigenvalue weighted by atomic mass is 15.0. The van der Waals surface area contributed by atoms with E-state index in [0.717, 1.165) is 13.0 Å². The SMILES string of the molecule is C=C(C(C)C)C(C)(CC)NCC. The van der Waals surface area contributed by atoms with Gasteiger partial charge in [-0.05, 0) is 25.8 Å². The quantitative estimate of drug-likeness (QED) is 0.624. The van der Waals surface area contributed by atoms with Crippen LogP contribution in [0.1, 0.15) is 41.0 Å². The van der Waals surface area contributed by atoms with Crippen molar-refractivity contribution in [3.05, 3.63) is 12.2 Å². The first-order valence-corrected chi connectivity index (χ1v) is 4.92. The molecule has 0 bridgehead atoms. The topological polar surface area (TPSA) is 12.0 Å². The third-order valence-corrected chi connectivity index (χ3v) is 2.68. The van der Waals surface area contributed by atoms with Crippen LogP contribution < -0.4 is 5.32 Å². The predicted molar refractivity (Wildman–Crippen MR) is 56.4 cm³/mol. The molecule has 1 heteroatoms. The lowest BCUT2D eigenvalue weighted by Crippen LogP contribution is -2.44. The molecule has 1 nitrogen and oxygen atoms in total. The summed E-state index contributed by atoms with van der Waals surface area (Å²) in [7, 11) is 0. The van der Waals surface area contributed by atoms with Crippen LogP contribution in [0.25, 0.3) is 0 Å². The Kier molecular flexibility index (Phi) is 4.54. The summed E-state index contributed by atoms with van der Waals surface area (Å²) in [6.07, 6.45) is 1.11. The van der Waals surface area contributed by atoms with E-state index in [1.54, 1.807) is 0 Å². The van der Waals surface area contributed by atoms with E-state index >= 15 is 0 Å². The first-order chi connectivity index (χ1) is 5.48. The smallest absolute Gasteiger partial charge is 0.0362 e. The van der Waals surface area contributed by atoms with E-state index in [2.05, 4.69) is 46.5 Å². The van der Waals surface area contributed by atoms with Gasteiger partial charge in [-0.1, -0.05) is 39.8 Å². The molecule has 0 rings (SSSR count). The molecule has 12 heavy (non-hydrogen) atoms. The summed E-state index contributed by atoms with van der Waals surface area (Å²) < 4.78 is 0. The molecule has 1 unspecified atom stereocenters. The molecule has 1 N–H and O–H groups in total. The van der Waals surface area contributed by atoms with Crippen LogP contribution >= 0.6 is 0 Å². The molecular formula is C11H23N. The second-order valence-electron chi connectivity index (χ2n) is 3.90. The van der Waals surface area contributed by atoms with Crippen molar-refractivity contribution in [1.29, 1.82) is 0 Å². The number of rotatable bonds is 5.